The first-order valence-electron chi connectivity index (χ1n) is 3.83. The maximum Gasteiger partial charge on any atom is 0.0318 e. The van der Waals surface area contributed by atoms with Gasteiger partial charge in [-0.25, -0.2) is 0 Å². The summed E-state index contributed by atoms with van der Waals surface area (Å²) in [4.78, 5) is 4.07. The molecule has 1 N–H and O–H groups in total. The Hall–Kier alpha value is -0.890. The third-order valence-electron chi connectivity index (χ3n) is 1.98. The highest BCUT2D eigenvalue weighted by Crippen LogP contribution is 2.13. The number of hydrogen-bond donors (Lipinski definition) is 1. The normalized spacial score (nSPS) is 13.0. The van der Waals surface area contributed by atoms with Gasteiger partial charge in [0, 0.05) is 18.4 Å². The summed E-state index contributed by atoms with van der Waals surface area (Å²) in [5.74, 6) is 0. The fraction of sp³-hybridized carbons (Fsp3) is 0.444. The Bertz CT molecular complexity index is 233. The van der Waals surface area contributed by atoms with Crippen LogP contribution < -0.4 is 5.32 Å². The van der Waals surface area contributed by atoms with E-state index in [0.29, 0.717) is 6.04 Å². The lowest BCUT2D eigenvalue weighted by atomic mass is 10.1. The molecular formula is C9H14N2. The molecule has 1 aromatic heterocycles. The van der Waals surface area contributed by atoms with E-state index >= 15 is 0 Å². The lowest BCUT2D eigenvalue weighted by molar-refractivity contribution is 0.645. The second kappa shape index (κ2) is 3.49. The number of rotatable bonds is 2. The molecule has 0 saturated heterocycles. The summed E-state index contributed by atoms with van der Waals surface area (Å²) in [5, 5.41) is 3.18. The molecule has 1 unspecified atom stereocenters. The van der Waals surface area contributed by atoms with Crippen LogP contribution in [0.2, 0.25) is 0 Å². The highest BCUT2D eigenvalue weighted by molar-refractivity contribution is 5.24. The van der Waals surface area contributed by atoms with Gasteiger partial charge >= 0.3 is 0 Å². The summed E-state index contributed by atoms with van der Waals surface area (Å²) in [6, 6.07) is 2.42. The van der Waals surface area contributed by atoms with Crippen LogP contribution in [-0.2, 0) is 0 Å². The summed E-state index contributed by atoms with van der Waals surface area (Å²) < 4.78 is 0. The van der Waals surface area contributed by atoms with Crippen LogP contribution in [-0.4, -0.2) is 12.0 Å². The number of hydrogen-bond acceptors (Lipinski definition) is 2. The van der Waals surface area contributed by atoms with E-state index in [1.165, 1.54) is 11.1 Å². The summed E-state index contributed by atoms with van der Waals surface area (Å²) in [7, 11) is 1.96. The van der Waals surface area contributed by atoms with Crippen LogP contribution in [0.25, 0.3) is 0 Å². The van der Waals surface area contributed by atoms with Gasteiger partial charge in [-0.3, -0.25) is 4.98 Å². The van der Waals surface area contributed by atoms with Crippen molar-refractivity contribution in [1.82, 2.24) is 10.3 Å². The fourth-order valence-electron chi connectivity index (χ4n) is 1.09. The van der Waals surface area contributed by atoms with Crippen molar-refractivity contribution in [3.8, 4) is 0 Å². The molecule has 2 heteroatoms. The van der Waals surface area contributed by atoms with E-state index in [-0.39, 0.29) is 0 Å². The van der Waals surface area contributed by atoms with Crippen molar-refractivity contribution < 1.29 is 0 Å². The monoisotopic (exact) mass is 150 g/mol. The lowest BCUT2D eigenvalue weighted by Crippen LogP contribution is -2.13. The topological polar surface area (TPSA) is 24.9 Å². The van der Waals surface area contributed by atoms with Gasteiger partial charge in [0.25, 0.3) is 0 Å². The number of aromatic nitrogens is 1. The van der Waals surface area contributed by atoms with Crippen molar-refractivity contribution in [3.63, 3.8) is 0 Å². The Morgan fingerprint density at radius 1 is 1.55 bits per heavy atom. The largest absolute Gasteiger partial charge is 0.313 e. The van der Waals surface area contributed by atoms with Crippen molar-refractivity contribution in [2.45, 2.75) is 19.9 Å². The zero-order valence-corrected chi connectivity index (χ0v) is 7.26. The first kappa shape index (κ1) is 8.21. The summed E-state index contributed by atoms with van der Waals surface area (Å²) >= 11 is 0. The van der Waals surface area contributed by atoms with E-state index in [1.807, 2.05) is 25.5 Å². The number of pyridine rings is 1. The average Bonchev–Trinajstić information content (AvgIpc) is 2.04. The summed E-state index contributed by atoms with van der Waals surface area (Å²) in [6.07, 6.45) is 3.73. The Morgan fingerprint density at radius 3 is 2.82 bits per heavy atom. The Morgan fingerprint density at radius 2 is 2.27 bits per heavy atom. The predicted molar refractivity (Wildman–Crippen MR) is 46.4 cm³/mol. The van der Waals surface area contributed by atoms with Crippen molar-refractivity contribution in [1.29, 1.82) is 0 Å². The van der Waals surface area contributed by atoms with Gasteiger partial charge in [0.2, 0.25) is 0 Å². The quantitative estimate of drug-likeness (QED) is 0.693. The van der Waals surface area contributed by atoms with Crippen LogP contribution in [0.5, 0.6) is 0 Å². The van der Waals surface area contributed by atoms with Gasteiger partial charge < -0.3 is 5.32 Å². The molecule has 0 spiro atoms. The van der Waals surface area contributed by atoms with E-state index in [4.69, 9.17) is 0 Å². The molecule has 0 aromatic carbocycles. The highest BCUT2D eigenvalue weighted by Gasteiger charge is 2.03. The molecule has 0 saturated carbocycles. The minimum atomic E-state index is 0.392. The zero-order valence-electron chi connectivity index (χ0n) is 7.26. The third-order valence-corrected chi connectivity index (χ3v) is 1.98. The van der Waals surface area contributed by atoms with Crippen LogP contribution in [0.1, 0.15) is 24.1 Å². The molecule has 0 aliphatic carbocycles. The molecular weight excluding hydrogens is 136 g/mol. The van der Waals surface area contributed by atoms with Crippen molar-refractivity contribution in [2.24, 2.45) is 0 Å². The van der Waals surface area contributed by atoms with Crippen LogP contribution in [0.4, 0.5) is 0 Å². The fourth-order valence-corrected chi connectivity index (χ4v) is 1.09. The van der Waals surface area contributed by atoms with Gasteiger partial charge in [-0.15, -0.1) is 0 Å². The van der Waals surface area contributed by atoms with Gasteiger partial charge in [-0.2, -0.15) is 0 Å². The Labute approximate surface area is 67.7 Å². The molecule has 11 heavy (non-hydrogen) atoms. The molecule has 1 heterocycles. The van der Waals surface area contributed by atoms with Gasteiger partial charge in [0.1, 0.15) is 0 Å². The molecule has 0 aliphatic rings. The number of aryl methyl sites for hydroxylation is 1. The van der Waals surface area contributed by atoms with E-state index in [9.17, 15) is 0 Å². The molecule has 0 bridgehead atoms. The van der Waals surface area contributed by atoms with E-state index in [1.54, 1.807) is 0 Å². The van der Waals surface area contributed by atoms with Gasteiger partial charge in [-0.05, 0) is 38.1 Å². The average molecular weight is 150 g/mol. The molecule has 0 fully saturated rings. The first-order chi connectivity index (χ1) is 5.25. The van der Waals surface area contributed by atoms with Crippen LogP contribution in [0.15, 0.2) is 18.5 Å². The lowest BCUT2D eigenvalue weighted by Gasteiger charge is -2.11. The number of nitrogens with zero attached hydrogens (tertiary/aromatic N) is 1. The molecule has 0 aliphatic heterocycles. The Balaban J connectivity index is 2.93. The Kier molecular flexibility index (Phi) is 2.60. The third kappa shape index (κ3) is 1.77. The zero-order chi connectivity index (χ0) is 8.27. The van der Waals surface area contributed by atoms with E-state index in [0.717, 1.165) is 0 Å². The first-order valence-corrected chi connectivity index (χ1v) is 3.83. The maximum absolute atomic E-state index is 4.07. The summed E-state index contributed by atoms with van der Waals surface area (Å²) in [6.45, 7) is 4.23. The minimum absolute atomic E-state index is 0.392. The number of nitrogens with one attached hydrogen (secondary N) is 1. The maximum atomic E-state index is 4.07. The van der Waals surface area contributed by atoms with Crippen LogP contribution in [0, 0.1) is 6.92 Å². The molecule has 1 rings (SSSR count). The summed E-state index contributed by atoms with van der Waals surface area (Å²) in [5.41, 5.74) is 2.57. The molecule has 2 nitrogen and oxygen atoms in total. The van der Waals surface area contributed by atoms with Crippen molar-refractivity contribution >= 4 is 0 Å². The van der Waals surface area contributed by atoms with Crippen molar-refractivity contribution in [2.75, 3.05) is 7.05 Å². The SMILES string of the molecule is CNC(C)c1cnccc1C. The second-order valence-electron chi connectivity index (χ2n) is 2.74. The minimum Gasteiger partial charge on any atom is -0.313 e. The van der Waals surface area contributed by atoms with Gasteiger partial charge in [0.05, 0.1) is 0 Å². The molecule has 0 radical (unpaired) electrons. The van der Waals surface area contributed by atoms with Crippen molar-refractivity contribution in [3.05, 3.63) is 29.6 Å². The molecule has 1 aromatic rings. The standard InChI is InChI=1S/C9H14N2/c1-7-4-5-11-6-9(7)8(2)10-3/h4-6,8,10H,1-3H3. The smallest absolute Gasteiger partial charge is 0.0318 e. The van der Waals surface area contributed by atoms with Crippen LogP contribution >= 0.6 is 0 Å². The molecule has 0 amide bonds. The van der Waals surface area contributed by atoms with E-state index in [2.05, 4.69) is 24.1 Å². The highest BCUT2D eigenvalue weighted by atomic mass is 14.9. The van der Waals surface area contributed by atoms with Gasteiger partial charge in [0.15, 0.2) is 0 Å². The molecule has 60 valence electrons. The van der Waals surface area contributed by atoms with E-state index < -0.39 is 0 Å². The van der Waals surface area contributed by atoms with Crippen LogP contribution in [0.3, 0.4) is 0 Å². The molecule has 1 atom stereocenters. The van der Waals surface area contributed by atoms with Gasteiger partial charge in [-0.1, -0.05) is 0 Å². The second-order valence-corrected chi connectivity index (χ2v) is 2.74. The predicted octanol–water partition coefficient (Wildman–Crippen LogP) is 1.67.